The van der Waals surface area contributed by atoms with Gasteiger partial charge in [-0.25, -0.2) is 4.79 Å². The third-order valence-electron chi connectivity index (χ3n) is 0.991. The fourth-order valence-corrected chi connectivity index (χ4v) is 0.543. The molecule has 0 spiro atoms. The Hall–Kier alpha value is -1.92. The first kappa shape index (κ1) is 8.18. The zero-order valence-corrected chi connectivity index (χ0v) is 5.97. The molecule has 0 aliphatic rings. The third-order valence-corrected chi connectivity index (χ3v) is 0.991. The standard InChI is InChI=1S/C5H6N4O3/c10-4(11)3-6-5(12)9-7-1-2-8-9/h1-2H,3H2,(H,6,12)(H,10,11). The average molecular weight is 170 g/mol. The van der Waals surface area contributed by atoms with E-state index >= 15 is 0 Å². The summed E-state index contributed by atoms with van der Waals surface area (Å²) in [4.78, 5) is 21.6. The molecule has 0 bridgehead atoms. The average Bonchev–Trinajstić information content (AvgIpc) is 2.51. The van der Waals surface area contributed by atoms with Gasteiger partial charge in [-0.3, -0.25) is 4.79 Å². The van der Waals surface area contributed by atoms with Crippen LogP contribution in [0.1, 0.15) is 0 Å². The van der Waals surface area contributed by atoms with Crippen LogP contribution in [-0.4, -0.2) is 38.6 Å². The highest BCUT2D eigenvalue weighted by atomic mass is 16.4. The first-order valence-corrected chi connectivity index (χ1v) is 3.06. The van der Waals surface area contributed by atoms with Crippen LogP contribution in [0.5, 0.6) is 0 Å². The lowest BCUT2D eigenvalue weighted by Gasteiger charge is -1.98. The molecule has 0 saturated carbocycles. The number of aliphatic carboxylic acids is 1. The molecule has 0 atom stereocenters. The van der Waals surface area contributed by atoms with Crippen molar-refractivity contribution in [1.82, 2.24) is 20.3 Å². The molecule has 1 aromatic heterocycles. The Bertz CT molecular complexity index is 281. The molecule has 64 valence electrons. The summed E-state index contributed by atoms with van der Waals surface area (Å²) in [5, 5.41) is 17.3. The number of amides is 1. The van der Waals surface area contributed by atoms with Gasteiger partial charge >= 0.3 is 12.0 Å². The Balaban J connectivity index is 2.45. The van der Waals surface area contributed by atoms with Gasteiger partial charge in [0.2, 0.25) is 0 Å². The second kappa shape index (κ2) is 3.46. The van der Waals surface area contributed by atoms with E-state index in [1.54, 1.807) is 0 Å². The fourth-order valence-electron chi connectivity index (χ4n) is 0.543. The topological polar surface area (TPSA) is 97.1 Å². The van der Waals surface area contributed by atoms with E-state index in [0.717, 1.165) is 4.80 Å². The lowest BCUT2D eigenvalue weighted by atomic mass is 10.6. The van der Waals surface area contributed by atoms with Crippen molar-refractivity contribution in [2.45, 2.75) is 0 Å². The van der Waals surface area contributed by atoms with Crippen molar-refractivity contribution < 1.29 is 14.7 Å². The van der Waals surface area contributed by atoms with Gasteiger partial charge in [0.1, 0.15) is 6.54 Å². The summed E-state index contributed by atoms with van der Waals surface area (Å²) in [5.41, 5.74) is 0. The molecule has 0 fully saturated rings. The summed E-state index contributed by atoms with van der Waals surface area (Å²) in [6, 6.07) is -0.664. The number of carboxylic acids is 1. The molecule has 1 amide bonds. The van der Waals surface area contributed by atoms with Crippen LogP contribution in [0, 0.1) is 0 Å². The molecule has 7 nitrogen and oxygen atoms in total. The number of carbonyl (C=O) groups is 2. The number of nitrogens with zero attached hydrogens (tertiary/aromatic N) is 3. The SMILES string of the molecule is O=C(O)CNC(=O)n1nccn1. The van der Waals surface area contributed by atoms with Crippen molar-refractivity contribution in [3.05, 3.63) is 12.4 Å². The van der Waals surface area contributed by atoms with Crippen molar-refractivity contribution in [3.63, 3.8) is 0 Å². The van der Waals surface area contributed by atoms with E-state index < -0.39 is 18.5 Å². The van der Waals surface area contributed by atoms with Crippen LogP contribution in [0.25, 0.3) is 0 Å². The van der Waals surface area contributed by atoms with E-state index in [2.05, 4.69) is 15.5 Å². The summed E-state index contributed by atoms with van der Waals surface area (Å²) < 4.78 is 0. The molecule has 1 rings (SSSR count). The van der Waals surface area contributed by atoms with Crippen molar-refractivity contribution in [3.8, 4) is 0 Å². The molecule has 7 heteroatoms. The molecular weight excluding hydrogens is 164 g/mol. The van der Waals surface area contributed by atoms with Crippen molar-refractivity contribution in [2.24, 2.45) is 0 Å². The minimum Gasteiger partial charge on any atom is -0.480 e. The van der Waals surface area contributed by atoms with Crippen molar-refractivity contribution in [1.29, 1.82) is 0 Å². The van der Waals surface area contributed by atoms with Crippen LogP contribution in [0.3, 0.4) is 0 Å². The molecule has 0 unspecified atom stereocenters. The predicted molar refractivity (Wildman–Crippen MR) is 36.5 cm³/mol. The zero-order chi connectivity index (χ0) is 8.97. The van der Waals surface area contributed by atoms with Gasteiger partial charge in [-0.15, -0.1) is 0 Å². The lowest BCUT2D eigenvalue weighted by molar-refractivity contribution is -0.135. The largest absolute Gasteiger partial charge is 0.480 e. The molecule has 1 aromatic rings. The van der Waals surface area contributed by atoms with E-state index in [1.807, 2.05) is 0 Å². The zero-order valence-electron chi connectivity index (χ0n) is 5.97. The highest BCUT2D eigenvalue weighted by molar-refractivity contribution is 5.80. The minimum atomic E-state index is -1.12. The Morgan fingerprint density at radius 1 is 1.42 bits per heavy atom. The quantitative estimate of drug-likeness (QED) is 0.588. The Labute approximate surface area is 67.0 Å². The van der Waals surface area contributed by atoms with Crippen LogP contribution >= 0.6 is 0 Å². The number of hydrogen-bond donors (Lipinski definition) is 2. The van der Waals surface area contributed by atoms with Gasteiger partial charge in [0, 0.05) is 0 Å². The summed E-state index contributed by atoms with van der Waals surface area (Å²) in [7, 11) is 0. The van der Waals surface area contributed by atoms with E-state index in [4.69, 9.17) is 5.11 Å². The van der Waals surface area contributed by atoms with Gasteiger partial charge < -0.3 is 10.4 Å². The van der Waals surface area contributed by atoms with E-state index in [9.17, 15) is 9.59 Å². The summed E-state index contributed by atoms with van der Waals surface area (Å²) in [6.45, 7) is -0.444. The second-order valence-corrected chi connectivity index (χ2v) is 1.87. The number of nitrogens with one attached hydrogen (secondary N) is 1. The molecule has 12 heavy (non-hydrogen) atoms. The van der Waals surface area contributed by atoms with Crippen LogP contribution in [0.4, 0.5) is 4.79 Å². The van der Waals surface area contributed by atoms with Gasteiger partial charge in [-0.2, -0.15) is 10.2 Å². The molecule has 0 saturated heterocycles. The van der Waals surface area contributed by atoms with Crippen LogP contribution in [0.2, 0.25) is 0 Å². The van der Waals surface area contributed by atoms with Gasteiger partial charge in [0.25, 0.3) is 0 Å². The first-order chi connectivity index (χ1) is 5.70. The molecule has 2 N–H and O–H groups in total. The number of rotatable bonds is 2. The molecular formula is C5H6N4O3. The molecule has 0 aliphatic heterocycles. The molecule has 0 aromatic carbocycles. The Morgan fingerprint density at radius 2 is 2.00 bits per heavy atom. The highest BCUT2D eigenvalue weighted by Crippen LogP contribution is 1.76. The van der Waals surface area contributed by atoms with Gasteiger partial charge in [0.05, 0.1) is 12.4 Å². The van der Waals surface area contributed by atoms with Crippen LogP contribution < -0.4 is 5.32 Å². The Morgan fingerprint density at radius 3 is 2.50 bits per heavy atom. The van der Waals surface area contributed by atoms with E-state index in [1.165, 1.54) is 12.4 Å². The lowest BCUT2D eigenvalue weighted by Crippen LogP contribution is -2.34. The summed E-state index contributed by atoms with van der Waals surface area (Å²) in [5.74, 6) is -1.12. The number of aromatic nitrogens is 3. The van der Waals surface area contributed by atoms with Crippen LogP contribution in [-0.2, 0) is 4.79 Å². The maximum atomic E-state index is 10.9. The minimum absolute atomic E-state index is 0.444. The van der Waals surface area contributed by atoms with Crippen molar-refractivity contribution >= 4 is 12.0 Å². The molecule has 0 radical (unpaired) electrons. The third kappa shape index (κ3) is 2.04. The highest BCUT2D eigenvalue weighted by Gasteiger charge is 2.05. The van der Waals surface area contributed by atoms with Gasteiger partial charge in [-0.1, -0.05) is 4.80 Å². The smallest absolute Gasteiger partial charge is 0.359 e. The maximum Gasteiger partial charge on any atom is 0.359 e. The number of carboxylic acid groups (broad SMARTS) is 1. The van der Waals surface area contributed by atoms with Gasteiger partial charge in [-0.05, 0) is 0 Å². The van der Waals surface area contributed by atoms with Gasteiger partial charge in [0.15, 0.2) is 0 Å². The maximum absolute atomic E-state index is 10.9. The monoisotopic (exact) mass is 170 g/mol. The normalized spacial score (nSPS) is 9.33. The molecule has 1 heterocycles. The first-order valence-electron chi connectivity index (χ1n) is 3.06. The predicted octanol–water partition coefficient (Wildman–Crippen LogP) is -1.08. The fraction of sp³-hybridized carbons (Fsp3) is 0.200. The van der Waals surface area contributed by atoms with Crippen LogP contribution in [0.15, 0.2) is 12.4 Å². The Kier molecular flexibility index (Phi) is 2.36. The number of hydrogen-bond acceptors (Lipinski definition) is 4. The second-order valence-electron chi connectivity index (χ2n) is 1.87. The summed E-state index contributed by atoms with van der Waals surface area (Å²) in [6.07, 6.45) is 2.64. The van der Waals surface area contributed by atoms with Crippen molar-refractivity contribution in [2.75, 3.05) is 6.54 Å². The number of carbonyl (C=O) groups excluding carboxylic acids is 1. The van der Waals surface area contributed by atoms with E-state index in [-0.39, 0.29) is 0 Å². The summed E-state index contributed by atoms with van der Waals surface area (Å²) >= 11 is 0. The molecule has 0 aliphatic carbocycles. The van der Waals surface area contributed by atoms with E-state index in [0.29, 0.717) is 0 Å².